The Hall–Kier alpha value is -1.24. The van der Waals surface area contributed by atoms with Crippen molar-refractivity contribution >= 4 is 31.4 Å². The topological polar surface area (TPSA) is 67.3 Å². The Morgan fingerprint density at radius 1 is 1.30 bits per heavy atom. The van der Waals surface area contributed by atoms with Gasteiger partial charge in [0, 0.05) is 0 Å². The first-order chi connectivity index (χ1) is 15.5. The van der Waals surface area contributed by atoms with Crippen LogP contribution in [0.4, 0.5) is 0 Å². The van der Waals surface area contributed by atoms with Gasteiger partial charge in [-0.25, -0.2) is 13.4 Å². The quantitative estimate of drug-likeness (QED) is 0.415. The lowest BCUT2D eigenvalue weighted by atomic mass is 9.61. The molecule has 182 valence electrons. The third-order valence-corrected chi connectivity index (χ3v) is 11.3. The molecule has 1 aromatic carbocycles. The van der Waals surface area contributed by atoms with Crippen molar-refractivity contribution in [3.8, 4) is 0 Å². The maximum Gasteiger partial charge on any atom is 0.210 e. The summed E-state index contributed by atoms with van der Waals surface area (Å²) in [5, 5.41) is 10.1. The van der Waals surface area contributed by atoms with Gasteiger partial charge in [0.2, 0.25) is 14.2 Å². The van der Waals surface area contributed by atoms with Crippen LogP contribution < -0.4 is 0 Å². The molecule has 6 heteroatoms. The highest BCUT2D eigenvalue weighted by Gasteiger charge is 2.50. The van der Waals surface area contributed by atoms with Gasteiger partial charge >= 0.3 is 0 Å². The molecule has 1 heterocycles. The lowest BCUT2D eigenvalue weighted by Gasteiger charge is -2.44. The average Bonchev–Trinajstić information content (AvgIpc) is 3.33. The fourth-order valence-electron chi connectivity index (χ4n) is 6.59. The molecule has 4 atom stereocenters. The lowest BCUT2D eigenvalue weighted by Crippen LogP contribution is -2.36. The minimum atomic E-state index is -3.42. The normalized spacial score (nSPS) is 28.3. The van der Waals surface area contributed by atoms with Gasteiger partial charge in [0.15, 0.2) is 0 Å². The zero-order valence-corrected chi connectivity index (χ0v) is 22.1. The summed E-state index contributed by atoms with van der Waals surface area (Å²) < 4.78 is 27.3. The van der Waals surface area contributed by atoms with Crippen molar-refractivity contribution in [2.24, 2.45) is 23.2 Å². The molecule has 2 aliphatic carbocycles. The van der Waals surface area contributed by atoms with E-state index < -0.39 is 15.4 Å². The number of aromatic nitrogens is 1. The summed E-state index contributed by atoms with van der Waals surface area (Å²) in [4.78, 5) is 4.39. The predicted octanol–water partition coefficient (Wildman–Crippen LogP) is 6.79. The van der Waals surface area contributed by atoms with Gasteiger partial charge < -0.3 is 5.11 Å². The second kappa shape index (κ2) is 9.43. The van der Waals surface area contributed by atoms with Gasteiger partial charge in [0.25, 0.3) is 0 Å². The van der Waals surface area contributed by atoms with Crippen LogP contribution in [0, 0.1) is 23.2 Å². The van der Waals surface area contributed by atoms with Crippen LogP contribution >= 0.6 is 11.3 Å². The fraction of sp³-hybridized carbons (Fsp3) is 0.667. The van der Waals surface area contributed by atoms with Crippen molar-refractivity contribution in [2.45, 2.75) is 89.0 Å². The molecule has 33 heavy (non-hydrogen) atoms. The van der Waals surface area contributed by atoms with E-state index >= 15 is 0 Å². The molecule has 4 nitrogen and oxygen atoms in total. The molecule has 0 bridgehead atoms. The molecule has 2 aliphatic rings. The van der Waals surface area contributed by atoms with Crippen molar-refractivity contribution in [2.75, 3.05) is 5.75 Å². The zero-order valence-electron chi connectivity index (χ0n) is 20.5. The van der Waals surface area contributed by atoms with Crippen LogP contribution in [0.15, 0.2) is 40.3 Å². The van der Waals surface area contributed by atoms with Gasteiger partial charge in [0.1, 0.15) is 0 Å². The molecule has 0 radical (unpaired) electrons. The summed E-state index contributed by atoms with van der Waals surface area (Å²) in [6.07, 6.45) is 10.9. The highest BCUT2D eigenvalue weighted by atomic mass is 32.2. The minimum Gasteiger partial charge on any atom is -0.390 e. The van der Waals surface area contributed by atoms with Gasteiger partial charge in [-0.3, -0.25) is 0 Å². The van der Waals surface area contributed by atoms with Crippen LogP contribution in [0.1, 0.15) is 79.1 Å². The number of nitrogens with zero attached hydrogens (tertiary/aromatic N) is 1. The molecule has 0 saturated heterocycles. The van der Waals surface area contributed by atoms with E-state index in [4.69, 9.17) is 0 Å². The van der Waals surface area contributed by atoms with Crippen molar-refractivity contribution in [1.29, 1.82) is 0 Å². The fourth-order valence-corrected chi connectivity index (χ4v) is 9.08. The largest absolute Gasteiger partial charge is 0.390 e. The number of para-hydroxylation sites is 1. The SMILES string of the molecule is C[C@H](CCCC(C)(C)O)[C@H]1CCC2/C(=C/CS(=O)(=O)c3nc4ccccc4s3)CCC[C@@]21C. The smallest absolute Gasteiger partial charge is 0.210 e. The molecule has 0 aliphatic heterocycles. The van der Waals surface area contributed by atoms with Crippen molar-refractivity contribution in [3.63, 3.8) is 0 Å². The lowest BCUT2D eigenvalue weighted by molar-refractivity contribution is 0.0596. The number of thiazole rings is 1. The van der Waals surface area contributed by atoms with Crippen molar-refractivity contribution in [1.82, 2.24) is 4.98 Å². The van der Waals surface area contributed by atoms with E-state index in [0.29, 0.717) is 17.8 Å². The first-order valence-corrected chi connectivity index (χ1v) is 15.0. The van der Waals surface area contributed by atoms with Gasteiger partial charge in [-0.15, -0.1) is 11.3 Å². The van der Waals surface area contributed by atoms with E-state index in [1.807, 2.05) is 44.2 Å². The van der Waals surface area contributed by atoms with E-state index in [1.54, 1.807) is 0 Å². The Morgan fingerprint density at radius 2 is 2.06 bits per heavy atom. The second-order valence-electron chi connectivity index (χ2n) is 11.3. The Bertz CT molecular complexity index is 1080. The number of sulfone groups is 1. The summed E-state index contributed by atoms with van der Waals surface area (Å²) >= 11 is 1.28. The molecular weight excluding hydrogens is 450 g/mol. The first kappa shape index (κ1) is 24.9. The van der Waals surface area contributed by atoms with E-state index in [-0.39, 0.29) is 15.5 Å². The molecule has 2 fully saturated rings. The Balaban J connectivity index is 1.46. The summed E-state index contributed by atoms with van der Waals surface area (Å²) in [7, 11) is -3.42. The third-order valence-electron chi connectivity index (χ3n) is 8.28. The van der Waals surface area contributed by atoms with E-state index in [2.05, 4.69) is 18.8 Å². The summed E-state index contributed by atoms with van der Waals surface area (Å²) in [5.74, 6) is 1.86. The maximum absolute atomic E-state index is 13.1. The molecule has 0 spiro atoms. The zero-order chi connectivity index (χ0) is 23.9. The number of fused-ring (bicyclic) bond motifs is 2. The number of allylic oxidation sites excluding steroid dienone is 1. The number of rotatable bonds is 8. The highest BCUT2D eigenvalue weighted by molar-refractivity contribution is 7.93. The number of hydrogen-bond acceptors (Lipinski definition) is 5. The van der Waals surface area contributed by atoms with Crippen LogP contribution in [0.25, 0.3) is 10.2 Å². The molecule has 1 aromatic heterocycles. The van der Waals surface area contributed by atoms with Crippen LogP contribution in [0.3, 0.4) is 0 Å². The number of benzene rings is 1. The van der Waals surface area contributed by atoms with Gasteiger partial charge in [-0.1, -0.05) is 50.5 Å². The van der Waals surface area contributed by atoms with E-state index in [0.717, 1.165) is 42.3 Å². The van der Waals surface area contributed by atoms with Crippen LogP contribution in [-0.2, 0) is 9.84 Å². The van der Waals surface area contributed by atoms with E-state index in [1.165, 1.54) is 36.2 Å². The molecule has 4 rings (SSSR count). The minimum absolute atomic E-state index is 0.0561. The molecule has 2 saturated carbocycles. The Kier molecular flexibility index (Phi) is 7.10. The Labute approximate surface area is 203 Å². The number of aliphatic hydroxyl groups is 1. The molecular formula is C27H39NO3S2. The number of hydrogen-bond donors (Lipinski definition) is 1. The summed E-state index contributed by atoms with van der Waals surface area (Å²) in [6.45, 7) is 8.63. The molecule has 2 aromatic rings. The van der Waals surface area contributed by atoms with E-state index in [9.17, 15) is 13.5 Å². The van der Waals surface area contributed by atoms with Gasteiger partial charge in [-0.05, 0) is 87.7 Å². The standard InChI is InChI=1S/C27H39NO3S2/c1-19(9-7-16-26(2,3)29)21-13-14-22-20(10-8-17-27(21,22)4)15-18-33(30,31)25-28-23-11-5-6-12-24(23)32-25/h5-6,11-12,15,19,21-22,29H,7-10,13-14,16-18H2,1-4H3/b20-15+/t19-,21-,22?,27-/m1/s1. The second-order valence-corrected chi connectivity index (χ2v) is 14.5. The van der Waals surface area contributed by atoms with Gasteiger partial charge in [0.05, 0.1) is 21.6 Å². The maximum atomic E-state index is 13.1. The molecule has 1 N–H and O–H groups in total. The van der Waals surface area contributed by atoms with Crippen LogP contribution in [-0.4, -0.2) is 29.9 Å². The monoisotopic (exact) mass is 489 g/mol. The van der Waals surface area contributed by atoms with Crippen LogP contribution in [0.2, 0.25) is 0 Å². The first-order valence-electron chi connectivity index (χ1n) is 12.5. The van der Waals surface area contributed by atoms with Gasteiger partial charge in [-0.2, -0.15) is 0 Å². The molecule has 0 amide bonds. The third kappa shape index (κ3) is 5.38. The van der Waals surface area contributed by atoms with Crippen LogP contribution in [0.5, 0.6) is 0 Å². The molecule has 1 unspecified atom stereocenters. The Morgan fingerprint density at radius 3 is 2.79 bits per heavy atom. The summed E-state index contributed by atoms with van der Waals surface area (Å²) in [6, 6.07) is 7.62. The van der Waals surface area contributed by atoms with Crippen molar-refractivity contribution in [3.05, 3.63) is 35.9 Å². The predicted molar refractivity (Wildman–Crippen MR) is 137 cm³/mol. The average molecular weight is 490 g/mol. The highest BCUT2D eigenvalue weighted by Crippen LogP contribution is 2.59. The van der Waals surface area contributed by atoms with Crippen molar-refractivity contribution < 1.29 is 13.5 Å². The summed E-state index contributed by atoms with van der Waals surface area (Å²) in [5.41, 5.74) is 1.80.